The van der Waals surface area contributed by atoms with E-state index in [2.05, 4.69) is 5.32 Å². The lowest BCUT2D eigenvalue weighted by molar-refractivity contribution is -0.124. The zero-order chi connectivity index (χ0) is 13.5. The van der Waals surface area contributed by atoms with Crippen molar-refractivity contribution in [3.63, 3.8) is 0 Å². The van der Waals surface area contributed by atoms with Crippen LogP contribution in [0, 0.1) is 23.2 Å². The Bertz CT molecular complexity index is 289. The molecule has 1 N–H and O–H groups in total. The summed E-state index contributed by atoms with van der Waals surface area (Å²) in [5.74, 6) is 2.82. The molecule has 0 radical (unpaired) electrons. The highest BCUT2D eigenvalue weighted by Gasteiger charge is 2.50. The van der Waals surface area contributed by atoms with Gasteiger partial charge in [-0.2, -0.15) is 13.2 Å². The number of halogens is 3. The highest BCUT2D eigenvalue weighted by molar-refractivity contribution is 5.01. The smallest absolute Gasteiger partial charge is 0.309 e. The minimum Gasteiger partial charge on any atom is -0.309 e. The lowest BCUT2D eigenvalue weighted by atomic mass is 9.48. The van der Waals surface area contributed by atoms with E-state index in [0.29, 0.717) is 12.0 Å². The van der Waals surface area contributed by atoms with E-state index >= 15 is 0 Å². The van der Waals surface area contributed by atoms with Crippen molar-refractivity contribution in [1.29, 1.82) is 0 Å². The first-order valence-electron chi connectivity index (χ1n) is 7.72. The van der Waals surface area contributed by atoms with E-state index in [1.165, 1.54) is 38.5 Å². The maximum Gasteiger partial charge on any atom is 0.401 e. The average Bonchev–Trinajstić information content (AvgIpc) is 2.24. The van der Waals surface area contributed by atoms with Gasteiger partial charge in [-0.1, -0.05) is 0 Å². The van der Waals surface area contributed by atoms with Gasteiger partial charge in [0.15, 0.2) is 0 Å². The van der Waals surface area contributed by atoms with Crippen LogP contribution in [0.1, 0.15) is 51.4 Å². The SMILES string of the molecule is FC(F)(F)CNCCCC12CC3CC(CC(C3)C1)C2. The summed E-state index contributed by atoms with van der Waals surface area (Å²) in [6.45, 7) is -0.324. The molecule has 4 aliphatic rings. The molecule has 0 saturated heterocycles. The number of nitrogens with one attached hydrogen (secondary N) is 1. The fourth-order valence-corrected chi connectivity index (χ4v) is 5.41. The van der Waals surface area contributed by atoms with Crippen LogP contribution in [-0.4, -0.2) is 19.3 Å². The third-order valence-electron chi connectivity index (χ3n) is 5.55. The molecule has 0 spiro atoms. The molecule has 0 aromatic rings. The molecule has 0 aliphatic heterocycles. The molecule has 4 bridgehead atoms. The van der Waals surface area contributed by atoms with Gasteiger partial charge in [-0.05, 0) is 81.1 Å². The molecule has 4 fully saturated rings. The second-order valence-corrected chi connectivity index (χ2v) is 7.31. The Kier molecular flexibility index (Phi) is 3.57. The Morgan fingerprint density at radius 1 is 0.947 bits per heavy atom. The van der Waals surface area contributed by atoms with Gasteiger partial charge >= 0.3 is 6.18 Å². The highest BCUT2D eigenvalue weighted by Crippen LogP contribution is 2.61. The van der Waals surface area contributed by atoms with Crippen LogP contribution in [0.5, 0.6) is 0 Å². The predicted octanol–water partition coefficient (Wildman–Crippen LogP) is 4.13. The highest BCUT2D eigenvalue weighted by atomic mass is 19.4. The van der Waals surface area contributed by atoms with Crippen molar-refractivity contribution >= 4 is 0 Å². The van der Waals surface area contributed by atoms with Gasteiger partial charge in [0.1, 0.15) is 0 Å². The maximum atomic E-state index is 12.0. The molecule has 4 heteroatoms. The topological polar surface area (TPSA) is 12.0 Å². The largest absolute Gasteiger partial charge is 0.401 e. The van der Waals surface area contributed by atoms with E-state index < -0.39 is 12.7 Å². The normalized spacial score (nSPS) is 40.9. The van der Waals surface area contributed by atoms with Crippen LogP contribution < -0.4 is 5.32 Å². The summed E-state index contributed by atoms with van der Waals surface area (Å²) in [6.07, 6.45) is 6.36. The Morgan fingerprint density at radius 3 is 1.95 bits per heavy atom. The molecule has 0 aromatic heterocycles. The van der Waals surface area contributed by atoms with Crippen LogP contribution in [-0.2, 0) is 0 Å². The van der Waals surface area contributed by atoms with Gasteiger partial charge in [0, 0.05) is 0 Å². The molecule has 110 valence electrons. The number of hydrogen-bond donors (Lipinski definition) is 1. The second-order valence-electron chi connectivity index (χ2n) is 7.31. The summed E-state index contributed by atoms with van der Waals surface area (Å²) in [5.41, 5.74) is 0.509. The zero-order valence-corrected chi connectivity index (χ0v) is 11.4. The quantitative estimate of drug-likeness (QED) is 0.744. The van der Waals surface area contributed by atoms with Gasteiger partial charge in [0.05, 0.1) is 6.54 Å². The number of hydrogen-bond acceptors (Lipinski definition) is 1. The van der Waals surface area contributed by atoms with Crippen molar-refractivity contribution in [3.05, 3.63) is 0 Å². The third-order valence-corrected chi connectivity index (χ3v) is 5.55. The van der Waals surface area contributed by atoms with Crippen LogP contribution in [0.3, 0.4) is 0 Å². The van der Waals surface area contributed by atoms with Crippen LogP contribution in [0.2, 0.25) is 0 Å². The minimum absolute atomic E-state index is 0.509. The van der Waals surface area contributed by atoms with E-state index in [1.54, 1.807) is 0 Å². The fraction of sp³-hybridized carbons (Fsp3) is 1.00. The average molecular weight is 275 g/mol. The Morgan fingerprint density at radius 2 is 1.47 bits per heavy atom. The van der Waals surface area contributed by atoms with Gasteiger partial charge in [0.2, 0.25) is 0 Å². The molecule has 19 heavy (non-hydrogen) atoms. The molecule has 0 amide bonds. The molecule has 0 atom stereocenters. The Labute approximate surface area is 113 Å². The molecule has 4 aliphatic carbocycles. The van der Waals surface area contributed by atoms with Gasteiger partial charge in [-0.15, -0.1) is 0 Å². The monoisotopic (exact) mass is 275 g/mol. The summed E-state index contributed by atoms with van der Waals surface area (Å²) in [5, 5.41) is 2.53. The van der Waals surface area contributed by atoms with Crippen molar-refractivity contribution in [2.75, 3.05) is 13.1 Å². The molecular weight excluding hydrogens is 251 g/mol. The van der Waals surface area contributed by atoms with E-state index in [-0.39, 0.29) is 0 Å². The minimum atomic E-state index is -4.07. The summed E-state index contributed by atoms with van der Waals surface area (Å²) in [7, 11) is 0. The van der Waals surface area contributed by atoms with E-state index in [4.69, 9.17) is 0 Å². The van der Waals surface area contributed by atoms with E-state index in [9.17, 15) is 13.2 Å². The van der Waals surface area contributed by atoms with Crippen LogP contribution in [0.25, 0.3) is 0 Å². The number of rotatable bonds is 5. The summed E-state index contributed by atoms with van der Waals surface area (Å²) in [4.78, 5) is 0. The molecule has 1 nitrogen and oxygen atoms in total. The van der Waals surface area contributed by atoms with E-state index in [1.807, 2.05) is 0 Å². The molecule has 4 rings (SSSR count). The van der Waals surface area contributed by atoms with Gasteiger partial charge < -0.3 is 5.32 Å². The van der Waals surface area contributed by atoms with Crippen LogP contribution in [0.4, 0.5) is 13.2 Å². The summed E-state index contributed by atoms with van der Waals surface area (Å²) in [6, 6.07) is 0. The maximum absolute atomic E-state index is 12.0. The molecular formula is C15H24F3N. The first-order valence-corrected chi connectivity index (χ1v) is 7.72. The molecule has 4 saturated carbocycles. The lowest BCUT2D eigenvalue weighted by Crippen LogP contribution is -2.46. The van der Waals surface area contributed by atoms with Crippen molar-refractivity contribution in [1.82, 2.24) is 5.32 Å². The van der Waals surface area contributed by atoms with Crippen LogP contribution >= 0.6 is 0 Å². The Hall–Kier alpha value is -0.250. The second kappa shape index (κ2) is 4.94. The molecule has 0 unspecified atom stereocenters. The first-order chi connectivity index (χ1) is 8.94. The Balaban J connectivity index is 1.43. The zero-order valence-electron chi connectivity index (χ0n) is 11.4. The van der Waals surface area contributed by atoms with Gasteiger partial charge in [-0.3, -0.25) is 0 Å². The first kappa shape index (κ1) is 13.7. The summed E-state index contributed by atoms with van der Waals surface area (Å²) >= 11 is 0. The molecule has 0 heterocycles. The van der Waals surface area contributed by atoms with Gasteiger partial charge in [0.25, 0.3) is 0 Å². The summed E-state index contributed by atoms with van der Waals surface area (Å²) < 4.78 is 36.1. The van der Waals surface area contributed by atoms with E-state index in [0.717, 1.165) is 30.6 Å². The van der Waals surface area contributed by atoms with Crippen LogP contribution in [0.15, 0.2) is 0 Å². The lowest BCUT2D eigenvalue weighted by Gasteiger charge is -2.57. The van der Waals surface area contributed by atoms with Crippen molar-refractivity contribution in [2.24, 2.45) is 23.2 Å². The van der Waals surface area contributed by atoms with Crippen molar-refractivity contribution in [2.45, 2.75) is 57.5 Å². The van der Waals surface area contributed by atoms with Gasteiger partial charge in [-0.25, -0.2) is 0 Å². The standard InChI is InChI=1S/C15H24F3N/c16-15(17,18)10-19-3-1-2-14-7-11-4-12(8-14)6-13(5-11)9-14/h11-13,19H,1-10H2. The number of alkyl halides is 3. The van der Waals surface area contributed by atoms with Crippen molar-refractivity contribution < 1.29 is 13.2 Å². The predicted molar refractivity (Wildman–Crippen MR) is 68.8 cm³/mol. The molecule has 0 aromatic carbocycles. The fourth-order valence-electron chi connectivity index (χ4n) is 5.41. The third kappa shape index (κ3) is 3.26. The van der Waals surface area contributed by atoms with Crippen molar-refractivity contribution in [3.8, 4) is 0 Å².